The molecule has 6 nitrogen and oxygen atoms in total. The van der Waals surface area contributed by atoms with Crippen molar-refractivity contribution in [1.29, 1.82) is 0 Å². The summed E-state index contributed by atoms with van der Waals surface area (Å²) >= 11 is 0. The number of amides is 1. The Bertz CT molecular complexity index is 864. The van der Waals surface area contributed by atoms with Gasteiger partial charge in [-0.15, -0.1) is 0 Å². The van der Waals surface area contributed by atoms with Crippen LogP contribution in [-0.4, -0.2) is 38.6 Å². The maximum Gasteiger partial charge on any atom is 1.00 e. The third kappa shape index (κ3) is 5.56. The van der Waals surface area contributed by atoms with Gasteiger partial charge in [-0.05, 0) is 61.1 Å². The molecule has 0 aliphatic carbocycles. The van der Waals surface area contributed by atoms with Gasteiger partial charge < -0.3 is 24.9 Å². The van der Waals surface area contributed by atoms with Gasteiger partial charge in [0.2, 0.25) is 5.91 Å². The number of piperidine rings is 1. The van der Waals surface area contributed by atoms with Crippen LogP contribution in [0.15, 0.2) is 42.5 Å². The monoisotopic (exact) mass is 418 g/mol. The predicted octanol–water partition coefficient (Wildman–Crippen LogP) is -0.679. The topological polar surface area (TPSA) is 81.7 Å². The van der Waals surface area contributed by atoms with E-state index in [9.17, 15) is 14.7 Å². The molecule has 1 aliphatic rings. The molecule has 1 amide bonds. The Morgan fingerprint density at radius 2 is 1.77 bits per heavy atom. The summed E-state index contributed by atoms with van der Waals surface area (Å²) in [5, 5.41) is 14.0. The number of carbonyl (C=O) groups is 2. The van der Waals surface area contributed by atoms with Gasteiger partial charge in [-0.3, -0.25) is 4.79 Å². The fourth-order valence-corrected chi connectivity index (χ4v) is 3.87. The Morgan fingerprint density at radius 1 is 1.10 bits per heavy atom. The number of hydrogen-bond donors (Lipinski definition) is 1. The molecule has 154 valence electrons. The second-order valence-electron chi connectivity index (χ2n) is 7.21. The number of rotatable bonds is 7. The summed E-state index contributed by atoms with van der Waals surface area (Å²) in [5.41, 5.74) is 2.70. The number of carbonyl (C=O) groups excluding carboxylic acids is 2. The van der Waals surface area contributed by atoms with E-state index >= 15 is 0 Å². The zero-order chi connectivity index (χ0) is 20.8. The van der Waals surface area contributed by atoms with Gasteiger partial charge in [-0.25, -0.2) is 0 Å². The van der Waals surface area contributed by atoms with Gasteiger partial charge in [0, 0.05) is 25.3 Å². The maximum atomic E-state index is 13.1. The van der Waals surface area contributed by atoms with Gasteiger partial charge in [-0.1, -0.05) is 24.3 Å². The quantitative estimate of drug-likeness (QED) is 0.603. The number of aromatic carboxylic acids is 1. The van der Waals surface area contributed by atoms with Crippen molar-refractivity contribution in [1.82, 2.24) is 5.32 Å². The van der Waals surface area contributed by atoms with E-state index in [2.05, 4.69) is 10.2 Å². The zero-order valence-electron chi connectivity index (χ0n) is 17.9. The molecule has 1 saturated heterocycles. The van der Waals surface area contributed by atoms with Crippen LogP contribution in [-0.2, 0) is 4.79 Å². The molecule has 2 aromatic carbocycles. The van der Waals surface area contributed by atoms with Gasteiger partial charge in [-0.2, -0.15) is 0 Å². The summed E-state index contributed by atoms with van der Waals surface area (Å²) < 4.78 is 5.44. The van der Waals surface area contributed by atoms with Crippen molar-refractivity contribution in [3.8, 4) is 5.75 Å². The molecule has 0 bridgehead atoms. The number of ether oxygens (including phenoxy) is 1. The van der Waals surface area contributed by atoms with Gasteiger partial charge in [0.05, 0.1) is 19.0 Å². The molecule has 0 aromatic heterocycles. The molecule has 1 unspecified atom stereocenters. The van der Waals surface area contributed by atoms with E-state index in [0.29, 0.717) is 12.3 Å². The molecule has 1 N–H and O–H groups in total. The summed E-state index contributed by atoms with van der Waals surface area (Å²) in [6.07, 6.45) is 3.46. The number of nitrogens with zero attached hydrogens (tertiary/aromatic N) is 1. The minimum atomic E-state index is -1.23. The van der Waals surface area contributed by atoms with Crippen LogP contribution in [0.4, 0.5) is 5.69 Å². The molecule has 1 aliphatic heterocycles. The molecule has 1 atom stereocenters. The van der Waals surface area contributed by atoms with E-state index in [1.807, 2.05) is 25.1 Å². The minimum absolute atomic E-state index is 0. The Morgan fingerprint density at radius 3 is 2.33 bits per heavy atom. The summed E-state index contributed by atoms with van der Waals surface area (Å²) in [6, 6.07) is 12.2. The number of carboxylic acids is 1. The molecule has 3 rings (SSSR count). The van der Waals surface area contributed by atoms with Crippen LogP contribution < -0.4 is 49.6 Å². The number of hydrogen-bond acceptors (Lipinski definition) is 5. The minimum Gasteiger partial charge on any atom is -0.545 e. The van der Waals surface area contributed by atoms with Gasteiger partial charge in [0.15, 0.2) is 0 Å². The van der Waals surface area contributed by atoms with Crippen molar-refractivity contribution in [3.05, 3.63) is 59.2 Å². The van der Waals surface area contributed by atoms with E-state index in [0.717, 1.165) is 42.7 Å². The number of anilines is 1. The van der Waals surface area contributed by atoms with Crippen molar-refractivity contribution < 1.29 is 49.0 Å². The molecular weight excluding hydrogens is 391 g/mol. The Hall–Kier alpha value is -2.02. The first-order valence-corrected chi connectivity index (χ1v) is 10.1. The first-order chi connectivity index (χ1) is 14.0. The first kappa shape index (κ1) is 24.3. The van der Waals surface area contributed by atoms with Crippen LogP contribution in [0.5, 0.6) is 5.75 Å². The zero-order valence-corrected chi connectivity index (χ0v) is 19.9. The van der Waals surface area contributed by atoms with E-state index in [-0.39, 0.29) is 41.0 Å². The number of nitrogens with one attached hydrogen (secondary N) is 1. The number of carboxylic acid groups (broad SMARTS) is 1. The largest absolute Gasteiger partial charge is 1.00 e. The molecule has 30 heavy (non-hydrogen) atoms. The van der Waals surface area contributed by atoms with E-state index < -0.39 is 11.9 Å². The summed E-state index contributed by atoms with van der Waals surface area (Å²) in [4.78, 5) is 26.5. The third-order valence-corrected chi connectivity index (χ3v) is 5.34. The SMILES string of the molecule is CCNC(=O)C(c1ccc(C(=O)[O-])cc1)c1cc(OC)ccc1N1CCCCC1.[Na+]. The van der Waals surface area contributed by atoms with Crippen molar-refractivity contribution >= 4 is 17.6 Å². The maximum absolute atomic E-state index is 13.1. The van der Waals surface area contributed by atoms with E-state index in [1.165, 1.54) is 18.6 Å². The van der Waals surface area contributed by atoms with E-state index in [1.54, 1.807) is 19.2 Å². The van der Waals surface area contributed by atoms with Crippen LogP contribution in [0.1, 0.15) is 53.6 Å². The van der Waals surface area contributed by atoms with Crippen LogP contribution in [0, 0.1) is 0 Å². The average Bonchev–Trinajstić information content (AvgIpc) is 2.75. The molecule has 1 fully saturated rings. The Balaban J connectivity index is 0.00000320. The van der Waals surface area contributed by atoms with E-state index in [4.69, 9.17) is 4.74 Å². The molecule has 0 radical (unpaired) electrons. The first-order valence-electron chi connectivity index (χ1n) is 10.1. The van der Waals surface area contributed by atoms with Crippen LogP contribution in [0.25, 0.3) is 0 Å². The normalized spacial score (nSPS) is 14.4. The van der Waals surface area contributed by atoms with Gasteiger partial charge >= 0.3 is 29.6 Å². The Labute approximate surface area is 199 Å². The Kier molecular flexibility index (Phi) is 9.21. The van der Waals surface area contributed by atoms with Crippen molar-refractivity contribution in [2.45, 2.75) is 32.1 Å². The fraction of sp³-hybridized carbons (Fsp3) is 0.391. The molecular formula is C23H27N2NaO4. The predicted molar refractivity (Wildman–Crippen MR) is 110 cm³/mol. The summed E-state index contributed by atoms with van der Waals surface area (Å²) in [6.45, 7) is 4.29. The van der Waals surface area contributed by atoms with Gasteiger partial charge in [0.1, 0.15) is 5.75 Å². The second kappa shape index (κ2) is 11.4. The summed E-state index contributed by atoms with van der Waals surface area (Å²) in [5.74, 6) is -1.25. The molecule has 0 saturated carbocycles. The van der Waals surface area contributed by atoms with Crippen LogP contribution in [0.2, 0.25) is 0 Å². The van der Waals surface area contributed by atoms with Crippen molar-refractivity contribution in [3.63, 3.8) is 0 Å². The number of methoxy groups -OCH3 is 1. The van der Waals surface area contributed by atoms with Gasteiger partial charge in [0.25, 0.3) is 0 Å². The molecule has 2 aromatic rings. The second-order valence-corrected chi connectivity index (χ2v) is 7.21. The average molecular weight is 418 g/mol. The number of benzene rings is 2. The molecule has 7 heteroatoms. The van der Waals surface area contributed by atoms with Crippen LogP contribution in [0.3, 0.4) is 0 Å². The van der Waals surface area contributed by atoms with Crippen LogP contribution >= 0.6 is 0 Å². The smallest absolute Gasteiger partial charge is 0.545 e. The number of likely N-dealkylation sites (N-methyl/N-ethyl adjacent to an activating group) is 1. The molecule has 0 spiro atoms. The standard InChI is InChI=1S/C23H28N2O4.Na/c1-3-24-22(26)21(16-7-9-17(10-8-16)23(27)28)19-15-18(29-2)11-12-20(19)25-13-5-4-6-14-25;/h7-12,15,21H,3-6,13-14H2,1-2H3,(H,24,26)(H,27,28);/q;+1/p-1. The summed E-state index contributed by atoms with van der Waals surface area (Å²) in [7, 11) is 1.61. The molecule has 1 heterocycles. The van der Waals surface area contributed by atoms with Crippen molar-refractivity contribution in [2.75, 3.05) is 31.6 Å². The third-order valence-electron chi connectivity index (χ3n) is 5.34. The van der Waals surface area contributed by atoms with Crippen molar-refractivity contribution in [2.24, 2.45) is 0 Å². The fourth-order valence-electron chi connectivity index (χ4n) is 3.87.